The Morgan fingerprint density at radius 3 is 2.46 bits per heavy atom. The third-order valence-electron chi connectivity index (χ3n) is 6.53. The standard InChI is InChI=1S/C30H32N4O4S/c1-22(2)20-38-27-14-8-23(9-15-27)19-33-17-18-34(21-33)30(35)25-10-12-26(13-11-25)32-39(36,37)28-7-3-5-24-6-4-16-31-29(24)28/h3-16,22,32H,17-21H2,1-2H3. The van der Waals surface area contributed by atoms with Crippen molar-refractivity contribution in [2.75, 3.05) is 31.1 Å². The van der Waals surface area contributed by atoms with Crippen LogP contribution in [0, 0.1) is 5.92 Å². The lowest BCUT2D eigenvalue weighted by Crippen LogP contribution is -2.31. The topological polar surface area (TPSA) is 91.8 Å². The van der Waals surface area contributed by atoms with Crippen LogP contribution in [0.15, 0.2) is 90.0 Å². The van der Waals surface area contributed by atoms with Gasteiger partial charge in [0.15, 0.2) is 0 Å². The highest BCUT2D eigenvalue weighted by Gasteiger charge is 2.25. The third-order valence-corrected chi connectivity index (χ3v) is 7.94. The summed E-state index contributed by atoms with van der Waals surface area (Å²) in [5.41, 5.74) is 2.47. The highest BCUT2D eigenvalue weighted by Crippen LogP contribution is 2.24. The van der Waals surface area contributed by atoms with E-state index in [0.29, 0.717) is 42.5 Å². The summed E-state index contributed by atoms with van der Waals surface area (Å²) < 4.78 is 34.5. The number of rotatable bonds is 9. The molecular formula is C30H32N4O4S. The number of amides is 1. The zero-order chi connectivity index (χ0) is 27.4. The Kier molecular flexibility index (Phi) is 7.81. The normalized spacial score (nSPS) is 14.2. The molecule has 0 atom stereocenters. The molecule has 0 spiro atoms. The average Bonchev–Trinajstić information content (AvgIpc) is 3.40. The van der Waals surface area contributed by atoms with Gasteiger partial charge in [0.1, 0.15) is 10.6 Å². The SMILES string of the molecule is CC(C)COc1ccc(CN2CCN(C(=O)c3ccc(NS(=O)(=O)c4cccc5cccnc45)cc3)C2)cc1. The largest absolute Gasteiger partial charge is 0.493 e. The minimum atomic E-state index is -3.86. The van der Waals surface area contributed by atoms with Crippen LogP contribution >= 0.6 is 0 Å². The van der Waals surface area contributed by atoms with Crippen molar-refractivity contribution in [3.63, 3.8) is 0 Å². The van der Waals surface area contributed by atoms with E-state index in [1.165, 1.54) is 11.6 Å². The van der Waals surface area contributed by atoms with Crippen LogP contribution < -0.4 is 9.46 Å². The molecule has 3 aromatic carbocycles. The first kappa shape index (κ1) is 26.6. The Balaban J connectivity index is 1.18. The number of aromatic nitrogens is 1. The quantitative estimate of drug-likeness (QED) is 0.319. The van der Waals surface area contributed by atoms with Gasteiger partial charge in [0, 0.05) is 42.5 Å². The lowest BCUT2D eigenvalue weighted by molar-refractivity contribution is 0.0763. The van der Waals surface area contributed by atoms with Gasteiger partial charge in [-0.1, -0.05) is 44.2 Å². The summed E-state index contributed by atoms with van der Waals surface area (Å²) in [4.78, 5) is 21.5. The minimum Gasteiger partial charge on any atom is -0.493 e. The summed E-state index contributed by atoms with van der Waals surface area (Å²) in [6, 6.07) is 23.3. The van der Waals surface area contributed by atoms with Crippen molar-refractivity contribution >= 4 is 32.5 Å². The van der Waals surface area contributed by atoms with Gasteiger partial charge in [-0.25, -0.2) is 8.42 Å². The fourth-order valence-corrected chi connectivity index (χ4v) is 5.76. The molecule has 0 unspecified atom stereocenters. The van der Waals surface area contributed by atoms with Crippen molar-refractivity contribution in [1.29, 1.82) is 0 Å². The molecule has 4 aromatic rings. The molecule has 1 aliphatic heterocycles. The Morgan fingerprint density at radius 2 is 1.72 bits per heavy atom. The van der Waals surface area contributed by atoms with Crippen molar-refractivity contribution in [3.05, 3.63) is 96.2 Å². The van der Waals surface area contributed by atoms with Crippen LogP contribution in [0.2, 0.25) is 0 Å². The molecule has 1 aliphatic rings. The number of para-hydroxylation sites is 1. The summed E-state index contributed by atoms with van der Waals surface area (Å²) in [6.45, 7) is 7.64. The van der Waals surface area contributed by atoms with Gasteiger partial charge in [0.2, 0.25) is 0 Å². The monoisotopic (exact) mass is 544 g/mol. The maximum Gasteiger partial charge on any atom is 0.264 e. The molecule has 0 saturated carbocycles. The average molecular weight is 545 g/mol. The lowest BCUT2D eigenvalue weighted by Gasteiger charge is -2.19. The van der Waals surface area contributed by atoms with E-state index < -0.39 is 10.0 Å². The molecule has 9 heteroatoms. The molecular weight excluding hydrogens is 512 g/mol. The predicted octanol–water partition coefficient (Wildman–Crippen LogP) is 4.99. The van der Waals surface area contributed by atoms with Gasteiger partial charge in [-0.2, -0.15) is 0 Å². The van der Waals surface area contributed by atoms with Crippen LogP contribution in [0.1, 0.15) is 29.8 Å². The number of hydrogen-bond donors (Lipinski definition) is 1. The van der Waals surface area contributed by atoms with Gasteiger partial charge in [-0.15, -0.1) is 0 Å². The first-order valence-electron chi connectivity index (χ1n) is 13.0. The van der Waals surface area contributed by atoms with Gasteiger partial charge in [-0.05, 0) is 60.0 Å². The number of carbonyl (C=O) groups excluding carboxylic acids is 1. The highest BCUT2D eigenvalue weighted by molar-refractivity contribution is 7.93. The van der Waals surface area contributed by atoms with Crippen LogP contribution in [0.25, 0.3) is 10.9 Å². The molecule has 1 saturated heterocycles. The second kappa shape index (κ2) is 11.4. The van der Waals surface area contributed by atoms with Gasteiger partial charge in [0.25, 0.3) is 15.9 Å². The van der Waals surface area contributed by atoms with E-state index in [1.807, 2.05) is 24.3 Å². The van der Waals surface area contributed by atoms with Crippen LogP contribution in [-0.2, 0) is 16.6 Å². The Hall–Kier alpha value is -3.95. The smallest absolute Gasteiger partial charge is 0.264 e. The van der Waals surface area contributed by atoms with E-state index in [-0.39, 0.29) is 10.8 Å². The highest BCUT2D eigenvalue weighted by atomic mass is 32.2. The summed E-state index contributed by atoms with van der Waals surface area (Å²) in [6.07, 6.45) is 1.57. The van der Waals surface area contributed by atoms with E-state index in [0.717, 1.165) is 24.2 Å². The number of benzene rings is 3. The fraction of sp³-hybridized carbons (Fsp3) is 0.267. The van der Waals surface area contributed by atoms with Crippen molar-refractivity contribution in [2.45, 2.75) is 25.3 Å². The molecule has 2 heterocycles. The summed E-state index contributed by atoms with van der Waals surface area (Å²) in [5.74, 6) is 1.26. The van der Waals surface area contributed by atoms with E-state index in [4.69, 9.17) is 4.74 Å². The number of nitrogens with zero attached hydrogens (tertiary/aromatic N) is 3. The molecule has 1 aromatic heterocycles. The maximum atomic E-state index is 13.1. The minimum absolute atomic E-state index is 0.0809. The number of hydrogen-bond acceptors (Lipinski definition) is 6. The molecule has 202 valence electrons. The van der Waals surface area contributed by atoms with Crippen LogP contribution in [-0.4, -0.2) is 55.5 Å². The number of nitrogens with one attached hydrogen (secondary N) is 1. The van der Waals surface area contributed by atoms with Crippen molar-refractivity contribution < 1.29 is 17.9 Å². The van der Waals surface area contributed by atoms with Crippen LogP contribution in [0.3, 0.4) is 0 Å². The number of pyridine rings is 1. The second-order valence-corrected chi connectivity index (χ2v) is 11.8. The van der Waals surface area contributed by atoms with Gasteiger partial charge < -0.3 is 9.64 Å². The molecule has 39 heavy (non-hydrogen) atoms. The van der Waals surface area contributed by atoms with Gasteiger partial charge >= 0.3 is 0 Å². The third kappa shape index (κ3) is 6.38. The Labute approximate surface area is 229 Å². The Bertz CT molecular complexity index is 1550. The van der Waals surface area contributed by atoms with Crippen molar-refractivity contribution in [1.82, 2.24) is 14.8 Å². The van der Waals surface area contributed by atoms with Crippen LogP contribution in [0.5, 0.6) is 5.75 Å². The van der Waals surface area contributed by atoms with Crippen molar-refractivity contribution in [2.24, 2.45) is 5.92 Å². The molecule has 0 radical (unpaired) electrons. The van der Waals surface area contributed by atoms with E-state index in [2.05, 4.69) is 40.6 Å². The predicted molar refractivity (Wildman–Crippen MR) is 152 cm³/mol. The van der Waals surface area contributed by atoms with Gasteiger partial charge in [0.05, 0.1) is 18.8 Å². The second-order valence-electron chi connectivity index (χ2n) is 10.1. The molecule has 1 N–H and O–H groups in total. The van der Waals surface area contributed by atoms with Crippen LogP contribution in [0.4, 0.5) is 5.69 Å². The summed E-state index contributed by atoms with van der Waals surface area (Å²) >= 11 is 0. The number of ether oxygens (including phenoxy) is 1. The zero-order valence-electron chi connectivity index (χ0n) is 22.1. The van der Waals surface area contributed by atoms with E-state index in [1.54, 1.807) is 47.5 Å². The Morgan fingerprint density at radius 1 is 0.974 bits per heavy atom. The molecule has 1 amide bonds. The first-order chi connectivity index (χ1) is 18.8. The first-order valence-corrected chi connectivity index (χ1v) is 14.5. The number of sulfonamides is 1. The van der Waals surface area contributed by atoms with E-state index in [9.17, 15) is 13.2 Å². The number of fused-ring (bicyclic) bond motifs is 1. The van der Waals surface area contributed by atoms with E-state index >= 15 is 0 Å². The fourth-order valence-electron chi connectivity index (χ4n) is 4.52. The molecule has 1 fully saturated rings. The molecule has 8 nitrogen and oxygen atoms in total. The maximum absolute atomic E-state index is 13.1. The van der Waals surface area contributed by atoms with Crippen molar-refractivity contribution in [3.8, 4) is 5.75 Å². The summed E-state index contributed by atoms with van der Waals surface area (Å²) in [7, 11) is -3.86. The molecule has 0 aliphatic carbocycles. The zero-order valence-corrected chi connectivity index (χ0v) is 22.9. The molecule has 0 bridgehead atoms. The number of anilines is 1. The lowest BCUT2D eigenvalue weighted by atomic mass is 10.2. The molecule has 5 rings (SSSR count). The summed E-state index contributed by atoms with van der Waals surface area (Å²) in [5, 5.41) is 0.744. The van der Waals surface area contributed by atoms with Gasteiger partial charge in [-0.3, -0.25) is 19.4 Å². The number of carbonyl (C=O) groups is 1.